The van der Waals surface area contributed by atoms with E-state index >= 15 is 0 Å². The SMILES string of the molecule is O=C(c1cc(C2CC2)[nH]n1)N1CCN(C2CCS(=O)(=O)C2)CC1. The molecule has 1 aromatic heterocycles. The number of hydrogen-bond donors (Lipinski definition) is 1. The monoisotopic (exact) mass is 338 g/mol. The van der Waals surface area contributed by atoms with Crippen LogP contribution in [0.3, 0.4) is 0 Å². The first kappa shape index (κ1) is 15.1. The van der Waals surface area contributed by atoms with E-state index in [0.29, 0.717) is 30.5 Å². The fourth-order valence-electron chi connectivity index (χ4n) is 3.57. The Labute approximate surface area is 135 Å². The molecule has 23 heavy (non-hydrogen) atoms. The Morgan fingerprint density at radius 2 is 1.91 bits per heavy atom. The van der Waals surface area contributed by atoms with E-state index < -0.39 is 9.84 Å². The zero-order valence-corrected chi connectivity index (χ0v) is 13.9. The van der Waals surface area contributed by atoms with Gasteiger partial charge in [-0.25, -0.2) is 8.42 Å². The minimum absolute atomic E-state index is 0.0214. The predicted octanol–water partition coefficient (Wildman–Crippen LogP) is 0.232. The number of rotatable bonds is 3. The Balaban J connectivity index is 1.34. The van der Waals surface area contributed by atoms with Crippen LogP contribution in [0.4, 0.5) is 0 Å². The maximum atomic E-state index is 12.5. The number of hydrogen-bond acceptors (Lipinski definition) is 5. The van der Waals surface area contributed by atoms with Crippen LogP contribution in [-0.2, 0) is 9.84 Å². The van der Waals surface area contributed by atoms with E-state index in [1.165, 1.54) is 12.8 Å². The molecule has 1 aliphatic carbocycles. The van der Waals surface area contributed by atoms with Gasteiger partial charge in [0.1, 0.15) is 5.69 Å². The predicted molar refractivity (Wildman–Crippen MR) is 85.1 cm³/mol. The third-order valence-corrected chi connectivity index (χ3v) is 6.91. The minimum Gasteiger partial charge on any atom is -0.335 e. The van der Waals surface area contributed by atoms with Crippen molar-refractivity contribution in [2.75, 3.05) is 37.7 Å². The van der Waals surface area contributed by atoms with Crippen LogP contribution in [0.15, 0.2) is 6.07 Å². The molecule has 2 aliphatic heterocycles. The summed E-state index contributed by atoms with van der Waals surface area (Å²) >= 11 is 0. The number of sulfone groups is 1. The summed E-state index contributed by atoms with van der Waals surface area (Å²) in [6.07, 6.45) is 3.08. The second-order valence-electron chi connectivity index (χ2n) is 6.87. The van der Waals surface area contributed by atoms with Gasteiger partial charge < -0.3 is 4.90 Å². The summed E-state index contributed by atoms with van der Waals surface area (Å²) in [5, 5.41) is 7.13. The van der Waals surface area contributed by atoms with Crippen LogP contribution in [0.25, 0.3) is 0 Å². The Morgan fingerprint density at radius 1 is 1.17 bits per heavy atom. The molecule has 0 spiro atoms. The van der Waals surface area contributed by atoms with Gasteiger partial charge in [0.05, 0.1) is 11.5 Å². The van der Waals surface area contributed by atoms with Gasteiger partial charge >= 0.3 is 0 Å². The minimum atomic E-state index is -2.85. The highest BCUT2D eigenvalue weighted by atomic mass is 32.2. The van der Waals surface area contributed by atoms with Crippen molar-refractivity contribution in [2.24, 2.45) is 0 Å². The van der Waals surface area contributed by atoms with E-state index in [1.807, 2.05) is 11.0 Å². The molecule has 1 atom stereocenters. The van der Waals surface area contributed by atoms with Crippen molar-refractivity contribution in [1.29, 1.82) is 0 Å². The van der Waals surface area contributed by atoms with Crippen LogP contribution in [0, 0.1) is 0 Å². The van der Waals surface area contributed by atoms with Gasteiger partial charge in [-0.05, 0) is 25.3 Å². The quantitative estimate of drug-likeness (QED) is 0.853. The summed E-state index contributed by atoms with van der Waals surface area (Å²) in [6.45, 7) is 2.76. The fraction of sp³-hybridized carbons (Fsp3) is 0.733. The number of nitrogens with one attached hydrogen (secondary N) is 1. The van der Waals surface area contributed by atoms with Gasteiger partial charge in [-0.15, -0.1) is 0 Å². The number of amides is 1. The number of aromatic amines is 1. The van der Waals surface area contributed by atoms with Crippen LogP contribution in [0.2, 0.25) is 0 Å². The summed E-state index contributed by atoms with van der Waals surface area (Å²) in [6, 6.07) is 2.01. The van der Waals surface area contributed by atoms with Crippen LogP contribution in [-0.4, -0.2) is 78.0 Å². The lowest BCUT2D eigenvalue weighted by Crippen LogP contribution is -2.52. The third kappa shape index (κ3) is 3.14. The highest BCUT2D eigenvalue weighted by Gasteiger charge is 2.35. The summed E-state index contributed by atoms with van der Waals surface area (Å²) in [7, 11) is -2.85. The number of carbonyl (C=O) groups excluding carboxylic acids is 1. The van der Waals surface area contributed by atoms with Gasteiger partial charge in [-0.1, -0.05) is 0 Å². The maximum absolute atomic E-state index is 12.5. The summed E-state index contributed by atoms with van der Waals surface area (Å²) in [5.74, 6) is 1.11. The van der Waals surface area contributed by atoms with Crippen molar-refractivity contribution < 1.29 is 13.2 Å². The van der Waals surface area contributed by atoms with E-state index in [-0.39, 0.29) is 17.7 Å². The van der Waals surface area contributed by atoms with E-state index in [2.05, 4.69) is 15.1 Å². The largest absolute Gasteiger partial charge is 0.335 e. The van der Waals surface area contributed by atoms with Gasteiger partial charge in [-0.3, -0.25) is 14.8 Å². The Morgan fingerprint density at radius 3 is 2.52 bits per heavy atom. The van der Waals surface area contributed by atoms with Gasteiger partial charge in [0, 0.05) is 43.8 Å². The van der Waals surface area contributed by atoms with Crippen molar-refractivity contribution in [1.82, 2.24) is 20.0 Å². The van der Waals surface area contributed by atoms with E-state index in [4.69, 9.17) is 0 Å². The molecule has 1 aromatic rings. The molecule has 0 aromatic carbocycles. The van der Waals surface area contributed by atoms with E-state index in [1.54, 1.807) is 0 Å². The van der Waals surface area contributed by atoms with E-state index in [0.717, 1.165) is 25.2 Å². The normalized spacial score (nSPS) is 28.2. The van der Waals surface area contributed by atoms with Crippen molar-refractivity contribution >= 4 is 15.7 Å². The molecule has 3 aliphatic rings. The first-order valence-corrected chi connectivity index (χ1v) is 10.1. The van der Waals surface area contributed by atoms with Crippen molar-refractivity contribution in [2.45, 2.75) is 31.2 Å². The lowest BCUT2D eigenvalue weighted by atomic mass is 10.2. The molecule has 1 N–H and O–H groups in total. The number of aromatic nitrogens is 2. The smallest absolute Gasteiger partial charge is 0.274 e. The molecular weight excluding hydrogens is 316 g/mol. The molecule has 3 heterocycles. The third-order valence-electron chi connectivity index (χ3n) is 5.16. The number of piperazine rings is 1. The summed E-state index contributed by atoms with van der Waals surface area (Å²) in [5.41, 5.74) is 1.58. The maximum Gasteiger partial charge on any atom is 0.274 e. The second kappa shape index (κ2) is 5.59. The summed E-state index contributed by atoms with van der Waals surface area (Å²) in [4.78, 5) is 16.6. The Bertz CT molecular complexity index is 702. The zero-order chi connectivity index (χ0) is 16.0. The standard InChI is InChI=1S/C15H22N4O3S/c20-15(14-9-13(16-17-14)11-1-2-11)19-6-4-18(5-7-19)12-3-8-23(21,22)10-12/h9,11-12H,1-8,10H2,(H,16,17). The average molecular weight is 338 g/mol. The molecule has 7 nitrogen and oxygen atoms in total. The Kier molecular flexibility index (Phi) is 3.68. The molecule has 1 unspecified atom stereocenters. The number of nitrogens with zero attached hydrogens (tertiary/aromatic N) is 3. The topological polar surface area (TPSA) is 86.4 Å². The molecule has 1 amide bonds. The highest BCUT2D eigenvalue weighted by Crippen LogP contribution is 2.39. The molecule has 8 heteroatoms. The molecule has 1 saturated carbocycles. The van der Waals surface area contributed by atoms with Crippen LogP contribution >= 0.6 is 0 Å². The number of H-pyrrole nitrogens is 1. The highest BCUT2D eigenvalue weighted by molar-refractivity contribution is 7.91. The van der Waals surface area contributed by atoms with Gasteiger partial charge in [0.2, 0.25) is 0 Å². The molecule has 2 saturated heterocycles. The molecule has 3 fully saturated rings. The zero-order valence-electron chi connectivity index (χ0n) is 13.1. The van der Waals surface area contributed by atoms with Crippen molar-refractivity contribution in [3.05, 3.63) is 17.5 Å². The van der Waals surface area contributed by atoms with Crippen LogP contribution < -0.4 is 0 Å². The van der Waals surface area contributed by atoms with Crippen molar-refractivity contribution in [3.63, 3.8) is 0 Å². The van der Waals surface area contributed by atoms with Crippen molar-refractivity contribution in [3.8, 4) is 0 Å². The molecule has 0 radical (unpaired) electrons. The first-order chi connectivity index (χ1) is 11.0. The average Bonchev–Trinajstić information content (AvgIpc) is 3.16. The second-order valence-corrected chi connectivity index (χ2v) is 9.10. The van der Waals surface area contributed by atoms with Gasteiger partial charge in [-0.2, -0.15) is 5.10 Å². The fourth-order valence-corrected chi connectivity index (χ4v) is 5.33. The summed E-state index contributed by atoms with van der Waals surface area (Å²) < 4.78 is 23.2. The first-order valence-electron chi connectivity index (χ1n) is 8.31. The van der Waals surface area contributed by atoms with Crippen LogP contribution in [0.1, 0.15) is 41.4 Å². The van der Waals surface area contributed by atoms with Gasteiger partial charge in [0.25, 0.3) is 5.91 Å². The van der Waals surface area contributed by atoms with Gasteiger partial charge in [0.15, 0.2) is 9.84 Å². The van der Waals surface area contributed by atoms with Crippen LogP contribution in [0.5, 0.6) is 0 Å². The Hall–Kier alpha value is -1.41. The number of carbonyl (C=O) groups is 1. The lowest BCUT2D eigenvalue weighted by molar-refractivity contribution is 0.0582. The lowest BCUT2D eigenvalue weighted by Gasteiger charge is -2.37. The molecule has 126 valence electrons. The molecule has 4 rings (SSSR count). The van der Waals surface area contributed by atoms with E-state index in [9.17, 15) is 13.2 Å². The molecular formula is C15H22N4O3S. The molecule has 0 bridgehead atoms.